The van der Waals surface area contributed by atoms with Crippen molar-refractivity contribution in [2.24, 2.45) is 0 Å². The molecule has 0 unspecified atom stereocenters. The minimum Gasteiger partial charge on any atom is -0.412 e. The third-order valence-electron chi connectivity index (χ3n) is 2.99. The summed E-state index contributed by atoms with van der Waals surface area (Å²) in [5.41, 5.74) is 0. The van der Waals surface area contributed by atoms with E-state index in [1.807, 2.05) is 0 Å². The summed E-state index contributed by atoms with van der Waals surface area (Å²) in [6, 6.07) is 0. The van der Waals surface area contributed by atoms with E-state index in [9.17, 15) is 4.79 Å². The van der Waals surface area contributed by atoms with Gasteiger partial charge in [0.1, 0.15) is 5.78 Å². The highest BCUT2D eigenvalue weighted by Gasteiger charge is 2.07. The Labute approximate surface area is 104 Å². The lowest BCUT2D eigenvalue weighted by molar-refractivity contribution is -0.120. The van der Waals surface area contributed by atoms with Crippen LogP contribution in [-0.2, 0) is 4.79 Å². The van der Waals surface area contributed by atoms with E-state index < -0.39 is 0 Å². The molecule has 0 aromatic heterocycles. The quantitative estimate of drug-likeness (QED) is 0.682. The molecule has 2 aliphatic carbocycles. The molecule has 0 aromatic carbocycles. The fourth-order valence-corrected chi connectivity index (χ4v) is 2.03. The monoisotopic (exact) mass is 248 g/mol. The van der Waals surface area contributed by atoms with Gasteiger partial charge in [-0.3, -0.25) is 4.79 Å². The van der Waals surface area contributed by atoms with Crippen LogP contribution >= 0.6 is 0 Å². The summed E-state index contributed by atoms with van der Waals surface area (Å²) in [5.74, 6) is 0.464. The number of carbonyl (C=O) groups excluding carboxylic acids is 1. The van der Waals surface area contributed by atoms with Crippen molar-refractivity contribution in [3.05, 3.63) is 0 Å². The number of Topliss-reactive ketones (excluding diaryl/α,β-unsaturated/α-hetero) is 1. The molecule has 4 heteroatoms. The lowest BCUT2D eigenvalue weighted by Gasteiger charge is -2.14. The second kappa shape index (κ2) is 13.6. The van der Waals surface area contributed by atoms with Gasteiger partial charge in [-0.05, 0) is 25.7 Å². The molecule has 104 valence electrons. The molecule has 4 nitrogen and oxygen atoms in total. The van der Waals surface area contributed by atoms with Crippen molar-refractivity contribution in [2.45, 2.75) is 70.3 Å². The first-order valence-electron chi connectivity index (χ1n) is 6.43. The molecule has 17 heavy (non-hydrogen) atoms. The van der Waals surface area contributed by atoms with E-state index in [0.29, 0.717) is 5.78 Å². The molecule has 0 aromatic rings. The topological polar surface area (TPSA) is 89.0 Å². The predicted molar refractivity (Wildman–Crippen MR) is 68.9 cm³/mol. The van der Waals surface area contributed by atoms with Crippen molar-refractivity contribution in [3.8, 4) is 0 Å². The van der Waals surface area contributed by atoms with Crippen LogP contribution in [0.4, 0.5) is 0 Å². The van der Waals surface area contributed by atoms with Gasteiger partial charge in [0.05, 0.1) is 6.10 Å². The van der Waals surface area contributed by atoms with Gasteiger partial charge in [0, 0.05) is 20.0 Å². The maximum absolute atomic E-state index is 10.5. The molecular weight excluding hydrogens is 220 g/mol. The van der Waals surface area contributed by atoms with Gasteiger partial charge in [-0.1, -0.05) is 25.7 Å². The summed E-state index contributed by atoms with van der Waals surface area (Å²) in [4.78, 5) is 10.5. The van der Waals surface area contributed by atoms with Gasteiger partial charge < -0.3 is 15.7 Å². The number of hydrogen-bond acceptors (Lipinski definition) is 3. The first-order valence-corrected chi connectivity index (χ1v) is 6.43. The Hall–Kier alpha value is -0.450. The van der Waals surface area contributed by atoms with Crippen molar-refractivity contribution in [1.82, 2.24) is 0 Å². The molecule has 0 atom stereocenters. The van der Waals surface area contributed by atoms with Crippen LogP contribution in [0.3, 0.4) is 0 Å². The Morgan fingerprint density at radius 1 is 0.882 bits per heavy atom. The standard InChI is InChI=1S/C6H12O.C6H10O.CH4O.H2O/c2*7-6-4-2-1-3-5-6;1-2;/h6-7H,1-5H2;1-5H2;2H,1H3;1H2. The second-order valence-electron chi connectivity index (χ2n) is 4.39. The zero-order chi connectivity index (χ0) is 12.2. The van der Waals surface area contributed by atoms with Gasteiger partial charge in [-0.25, -0.2) is 0 Å². The van der Waals surface area contributed by atoms with E-state index in [0.717, 1.165) is 45.6 Å². The van der Waals surface area contributed by atoms with Crippen molar-refractivity contribution in [2.75, 3.05) is 7.11 Å². The van der Waals surface area contributed by atoms with Gasteiger partial charge in [-0.2, -0.15) is 0 Å². The van der Waals surface area contributed by atoms with Crippen LogP contribution in [0.1, 0.15) is 64.2 Å². The number of aliphatic hydroxyl groups is 2. The van der Waals surface area contributed by atoms with Crippen molar-refractivity contribution >= 4 is 5.78 Å². The molecule has 4 N–H and O–H groups in total. The Morgan fingerprint density at radius 3 is 1.53 bits per heavy atom. The Morgan fingerprint density at radius 2 is 1.29 bits per heavy atom. The molecule has 0 radical (unpaired) electrons. The number of ketones is 1. The van der Waals surface area contributed by atoms with Gasteiger partial charge >= 0.3 is 0 Å². The van der Waals surface area contributed by atoms with Crippen LogP contribution in [0, 0.1) is 0 Å². The second-order valence-corrected chi connectivity index (χ2v) is 4.39. The normalized spacial score (nSPS) is 20.1. The summed E-state index contributed by atoms with van der Waals surface area (Å²) in [5, 5.41) is 15.9. The van der Waals surface area contributed by atoms with Gasteiger partial charge in [-0.15, -0.1) is 0 Å². The highest BCUT2D eigenvalue weighted by Crippen LogP contribution is 2.16. The summed E-state index contributed by atoms with van der Waals surface area (Å²) >= 11 is 0. The van der Waals surface area contributed by atoms with Crippen LogP contribution in [0.5, 0.6) is 0 Å². The predicted octanol–water partition coefficient (Wildman–Crippen LogP) is 1.61. The summed E-state index contributed by atoms with van der Waals surface area (Å²) in [6.45, 7) is 0. The lowest BCUT2D eigenvalue weighted by Crippen LogP contribution is -2.09. The number of hydrogen-bond donors (Lipinski definition) is 2. The van der Waals surface area contributed by atoms with E-state index in [2.05, 4.69) is 0 Å². The van der Waals surface area contributed by atoms with E-state index in [-0.39, 0.29) is 11.6 Å². The SMILES string of the molecule is CO.O.O=C1CCCCC1.OC1CCCCC1. The van der Waals surface area contributed by atoms with Crippen molar-refractivity contribution < 1.29 is 20.5 Å². The van der Waals surface area contributed by atoms with Gasteiger partial charge in [0.2, 0.25) is 0 Å². The molecule has 0 bridgehead atoms. The summed E-state index contributed by atoms with van der Waals surface area (Å²) in [7, 11) is 1.00. The van der Waals surface area contributed by atoms with Crippen LogP contribution < -0.4 is 0 Å². The highest BCUT2D eigenvalue weighted by atomic mass is 16.3. The van der Waals surface area contributed by atoms with E-state index in [1.165, 1.54) is 25.7 Å². The molecule has 0 heterocycles. The first kappa shape index (κ1) is 18.9. The van der Waals surface area contributed by atoms with E-state index in [1.54, 1.807) is 0 Å². The van der Waals surface area contributed by atoms with Gasteiger partial charge in [0.25, 0.3) is 0 Å². The minimum atomic E-state index is 0. The van der Waals surface area contributed by atoms with E-state index in [4.69, 9.17) is 10.2 Å². The number of rotatable bonds is 0. The smallest absolute Gasteiger partial charge is 0.132 e. The highest BCUT2D eigenvalue weighted by molar-refractivity contribution is 5.78. The largest absolute Gasteiger partial charge is 0.412 e. The Balaban J connectivity index is 0. The molecule has 2 saturated carbocycles. The third kappa shape index (κ3) is 11.8. The lowest BCUT2D eigenvalue weighted by atomic mass is 9.98. The van der Waals surface area contributed by atoms with Crippen LogP contribution in [0.25, 0.3) is 0 Å². The maximum Gasteiger partial charge on any atom is 0.132 e. The third-order valence-corrected chi connectivity index (χ3v) is 2.99. The first-order chi connectivity index (χ1) is 7.79. The molecular formula is C13H28O4. The zero-order valence-electron chi connectivity index (χ0n) is 11.0. The van der Waals surface area contributed by atoms with Crippen LogP contribution in [0.2, 0.25) is 0 Å². The average molecular weight is 248 g/mol. The van der Waals surface area contributed by atoms with Gasteiger partial charge in [0.15, 0.2) is 0 Å². The summed E-state index contributed by atoms with van der Waals surface area (Å²) in [6.07, 6.45) is 11.2. The van der Waals surface area contributed by atoms with Crippen molar-refractivity contribution in [3.63, 3.8) is 0 Å². The molecule has 0 aliphatic heterocycles. The Bertz CT molecular complexity index is 157. The molecule has 0 saturated heterocycles. The molecule has 2 fully saturated rings. The van der Waals surface area contributed by atoms with Crippen molar-refractivity contribution in [1.29, 1.82) is 0 Å². The van der Waals surface area contributed by atoms with E-state index >= 15 is 0 Å². The Kier molecular flexibility index (Phi) is 15.1. The molecule has 0 amide bonds. The fourth-order valence-electron chi connectivity index (χ4n) is 2.03. The average Bonchev–Trinajstić information content (AvgIpc) is 2.34. The maximum atomic E-state index is 10.5. The molecule has 2 rings (SSSR count). The summed E-state index contributed by atoms with van der Waals surface area (Å²) < 4.78 is 0. The zero-order valence-corrected chi connectivity index (χ0v) is 11.0. The van der Waals surface area contributed by atoms with Crippen LogP contribution in [-0.4, -0.2) is 34.7 Å². The molecule has 2 aliphatic rings. The van der Waals surface area contributed by atoms with Crippen LogP contribution in [0.15, 0.2) is 0 Å². The molecule has 0 spiro atoms. The fraction of sp³-hybridized carbons (Fsp3) is 0.923. The number of aliphatic hydroxyl groups excluding tert-OH is 2. The number of carbonyl (C=O) groups is 1. The minimum absolute atomic E-state index is 0.